The van der Waals surface area contributed by atoms with Crippen molar-refractivity contribution < 1.29 is 14.7 Å². The van der Waals surface area contributed by atoms with Gasteiger partial charge in [0.1, 0.15) is 6.04 Å². The molecule has 0 aliphatic carbocycles. The first-order chi connectivity index (χ1) is 7.42. The summed E-state index contributed by atoms with van der Waals surface area (Å²) < 4.78 is 0. The van der Waals surface area contributed by atoms with Gasteiger partial charge in [-0.15, -0.1) is 0 Å². The third-order valence-electron chi connectivity index (χ3n) is 3.34. The highest BCUT2D eigenvalue weighted by atomic mass is 16.4. The maximum atomic E-state index is 12.2. The molecule has 0 spiro atoms. The summed E-state index contributed by atoms with van der Waals surface area (Å²) in [4.78, 5) is 24.6. The van der Waals surface area contributed by atoms with Gasteiger partial charge in [-0.25, -0.2) is 4.79 Å². The zero-order valence-electron chi connectivity index (χ0n) is 10.1. The van der Waals surface area contributed by atoms with Gasteiger partial charge in [0.25, 0.3) is 0 Å². The Labute approximate surface area is 95.8 Å². The van der Waals surface area contributed by atoms with Crippen LogP contribution in [0, 0.1) is 5.41 Å². The van der Waals surface area contributed by atoms with Crippen molar-refractivity contribution in [1.29, 1.82) is 0 Å². The molecule has 0 aromatic heterocycles. The Morgan fingerprint density at radius 2 is 2.19 bits per heavy atom. The van der Waals surface area contributed by atoms with E-state index in [0.717, 1.165) is 13.0 Å². The van der Waals surface area contributed by atoms with Gasteiger partial charge < -0.3 is 15.3 Å². The summed E-state index contributed by atoms with van der Waals surface area (Å²) in [5.41, 5.74) is -0.447. The van der Waals surface area contributed by atoms with Crippen LogP contribution in [0.3, 0.4) is 0 Å². The predicted molar refractivity (Wildman–Crippen MR) is 60.1 cm³/mol. The van der Waals surface area contributed by atoms with E-state index in [9.17, 15) is 9.59 Å². The maximum absolute atomic E-state index is 12.2. The molecule has 5 nitrogen and oxygen atoms in total. The van der Waals surface area contributed by atoms with Crippen molar-refractivity contribution >= 4 is 11.9 Å². The maximum Gasteiger partial charge on any atom is 0.326 e. The highest BCUT2D eigenvalue weighted by Crippen LogP contribution is 2.27. The average Bonchev–Trinajstić information content (AvgIpc) is 2.65. The Balaban J connectivity index is 2.76. The van der Waals surface area contributed by atoms with E-state index in [4.69, 9.17) is 5.11 Å². The van der Waals surface area contributed by atoms with Gasteiger partial charge in [0, 0.05) is 13.6 Å². The van der Waals surface area contributed by atoms with Crippen LogP contribution >= 0.6 is 0 Å². The molecular formula is C11H20N2O3. The number of carboxylic acids is 1. The minimum Gasteiger partial charge on any atom is -0.480 e. The first kappa shape index (κ1) is 13.0. The van der Waals surface area contributed by atoms with Gasteiger partial charge in [-0.1, -0.05) is 6.92 Å². The second kappa shape index (κ2) is 4.82. The molecule has 1 amide bonds. The number of aliphatic carboxylic acids is 1. The quantitative estimate of drug-likeness (QED) is 0.726. The van der Waals surface area contributed by atoms with E-state index in [1.54, 1.807) is 14.0 Å². The standard InChI is InChI=1S/C11H20N2O3/c1-4-8(9(14)15)13(3)10(16)11(2)5-6-12-7-11/h8,12H,4-7H2,1-3H3,(H,14,15)/t8?,11-/m0/s1. The molecule has 5 heteroatoms. The fourth-order valence-electron chi connectivity index (χ4n) is 2.18. The van der Waals surface area contributed by atoms with Crippen LogP contribution < -0.4 is 5.32 Å². The Hall–Kier alpha value is -1.10. The number of nitrogens with zero attached hydrogens (tertiary/aromatic N) is 1. The molecule has 1 heterocycles. The smallest absolute Gasteiger partial charge is 0.326 e. The van der Waals surface area contributed by atoms with Crippen LogP contribution in [0.1, 0.15) is 26.7 Å². The monoisotopic (exact) mass is 228 g/mol. The van der Waals surface area contributed by atoms with Crippen molar-refractivity contribution in [2.45, 2.75) is 32.7 Å². The molecule has 0 saturated carbocycles. The summed E-state index contributed by atoms with van der Waals surface area (Å²) in [5.74, 6) is -1.01. The first-order valence-corrected chi connectivity index (χ1v) is 5.63. The predicted octanol–water partition coefficient (Wildman–Crippen LogP) is 0.308. The Morgan fingerprint density at radius 1 is 1.56 bits per heavy atom. The molecule has 0 aromatic rings. The minimum absolute atomic E-state index is 0.0771. The van der Waals surface area contributed by atoms with Gasteiger partial charge in [-0.2, -0.15) is 0 Å². The van der Waals surface area contributed by atoms with Gasteiger partial charge >= 0.3 is 5.97 Å². The third-order valence-corrected chi connectivity index (χ3v) is 3.34. The summed E-state index contributed by atoms with van der Waals surface area (Å²) in [6.45, 7) is 5.12. The molecule has 1 fully saturated rings. The molecule has 2 N–H and O–H groups in total. The second-order valence-corrected chi connectivity index (χ2v) is 4.67. The number of carbonyl (C=O) groups excluding carboxylic acids is 1. The van der Waals surface area contributed by atoms with E-state index in [0.29, 0.717) is 13.0 Å². The van der Waals surface area contributed by atoms with Crippen LogP contribution in [-0.2, 0) is 9.59 Å². The lowest BCUT2D eigenvalue weighted by Crippen LogP contribution is -2.49. The van der Waals surface area contributed by atoms with Crippen molar-refractivity contribution in [2.75, 3.05) is 20.1 Å². The van der Waals surface area contributed by atoms with E-state index in [1.807, 2.05) is 6.92 Å². The van der Waals surface area contributed by atoms with Gasteiger partial charge in [0.15, 0.2) is 0 Å². The number of hydrogen-bond acceptors (Lipinski definition) is 3. The lowest BCUT2D eigenvalue weighted by atomic mass is 9.87. The van der Waals surface area contributed by atoms with Gasteiger partial charge in [0.2, 0.25) is 5.91 Å². The molecule has 2 atom stereocenters. The third kappa shape index (κ3) is 2.35. The van der Waals surface area contributed by atoms with Crippen molar-refractivity contribution in [1.82, 2.24) is 10.2 Å². The SMILES string of the molecule is CCC(C(=O)O)N(C)C(=O)[C@@]1(C)CCNC1. The Kier molecular flexibility index (Phi) is 3.91. The van der Waals surface area contributed by atoms with Crippen molar-refractivity contribution in [2.24, 2.45) is 5.41 Å². The second-order valence-electron chi connectivity index (χ2n) is 4.67. The first-order valence-electron chi connectivity index (χ1n) is 5.63. The fourth-order valence-corrected chi connectivity index (χ4v) is 2.18. The number of carboxylic acid groups (broad SMARTS) is 1. The molecule has 1 aliphatic rings. The normalized spacial score (nSPS) is 26.4. The van der Waals surface area contributed by atoms with Crippen LogP contribution in [-0.4, -0.2) is 48.1 Å². The fraction of sp³-hybridized carbons (Fsp3) is 0.818. The van der Waals surface area contributed by atoms with Crippen LogP contribution in [0.2, 0.25) is 0 Å². The summed E-state index contributed by atoms with van der Waals surface area (Å²) in [6.07, 6.45) is 1.20. The highest BCUT2D eigenvalue weighted by Gasteiger charge is 2.40. The van der Waals surface area contributed by atoms with Crippen molar-refractivity contribution in [3.05, 3.63) is 0 Å². The van der Waals surface area contributed by atoms with Gasteiger partial charge in [-0.3, -0.25) is 4.79 Å². The van der Waals surface area contributed by atoms with E-state index in [1.165, 1.54) is 4.90 Å². The van der Waals surface area contributed by atoms with Crippen LogP contribution in [0.4, 0.5) is 0 Å². The number of hydrogen-bond donors (Lipinski definition) is 2. The number of likely N-dealkylation sites (N-methyl/N-ethyl adjacent to an activating group) is 1. The zero-order chi connectivity index (χ0) is 12.3. The minimum atomic E-state index is -0.937. The van der Waals surface area contributed by atoms with Crippen LogP contribution in [0.5, 0.6) is 0 Å². The number of rotatable bonds is 4. The van der Waals surface area contributed by atoms with E-state index >= 15 is 0 Å². The Morgan fingerprint density at radius 3 is 2.56 bits per heavy atom. The molecule has 1 rings (SSSR count). The topological polar surface area (TPSA) is 69.6 Å². The summed E-state index contributed by atoms with van der Waals surface area (Å²) >= 11 is 0. The largest absolute Gasteiger partial charge is 0.480 e. The number of carbonyl (C=O) groups is 2. The van der Waals surface area contributed by atoms with E-state index < -0.39 is 17.4 Å². The molecule has 0 aromatic carbocycles. The summed E-state index contributed by atoms with van der Waals surface area (Å²) in [7, 11) is 1.58. The van der Waals surface area contributed by atoms with Gasteiger partial charge in [0.05, 0.1) is 5.41 Å². The van der Waals surface area contributed by atoms with E-state index in [2.05, 4.69) is 5.32 Å². The lowest BCUT2D eigenvalue weighted by molar-refractivity contribution is -0.153. The average molecular weight is 228 g/mol. The highest BCUT2D eigenvalue weighted by molar-refractivity contribution is 5.87. The molecule has 16 heavy (non-hydrogen) atoms. The van der Waals surface area contributed by atoms with Crippen LogP contribution in [0.25, 0.3) is 0 Å². The van der Waals surface area contributed by atoms with Crippen LogP contribution in [0.15, 0.2) is 0 Å². The molecule has 1 unspecified atom stereocenters. The molecule has 92 valence electrons. The molecule has 1 aliphatic heterocycles. The van der Waals surface area contributed by atoms with Gasteiger partial charge in [-0.05, 0) is 26.3 Å². The molecule has 0 radical (unpaired) electrons. The lowest BCUT2D eigenvalue weighted by Gasteiger charge is -2.31. The molecule has 0 bridgehead atoms. The molecular weight excluding hydrogens is 208 g/mol. The van der Waals surface area contributed by atoms with E-state index in [-0.39, 0.29) is 5.91 Å². The number of amides is 1. The number of nitrogens with one attached hydrogen (secondary N) is 1. The Bertz CT molecular complexity index is 285. The summed E-state index contributed by atoms with van der Waals surface area (Å²) in [5, 5.41) is 12.1. The van der Waals surface area contributed by atoms with Crippen molar-refractivity contribution in [3.63, 3.8) is 0 Å². The summed E-state index contributed by atoms with van der Waals surface area (Å²) in [6, 6.07) is -0.718. The van der Waals surface area contributed by atoms with Crippen molar-refractivity contribution in [3.8, 4) is 0 Å². The zero-order valence-corrected chi connectivity index (χ0v) is 10.1. The molecule has 1 saturated heterocycles.